The molecule has 0 N–H and O–H groups in total. The van der Waals surface area contributed by atoms with Crippen molar-refractivity contribution in [2.24, 2.45) is 5.92 Å². The van der Waals surface area contributed by atoms with Gasteiger partial charge in [-0.15, -0.1) is 18.5 Å². The van der Waals surface area contributed by atoms with Crippen LogP contribution < -0.4 is 0 Å². The molecule has 1 aliphatic rings. The molecule has 0 aromatic rings. The second-order valence-corrected chi connectivity index (χ2v) is 7.88. The lowest BCUT2D eigenvalue weighted by Crippen LogP contribution is -2.40. The highest BCUT2D eigenvalue weighted by molar-refractivity contribution is 7.40. The molecule has 72 valence electrons. The molecule has 3 heteroatoms. The van der Waals surface area contributed by atoms with Gasteiger partial charge < -0.3 is 0 Å². The molecule has 3 atom stereocenters. The van der Waals surface area contributed by atoms with Crippen molar-refractivity contribution in [3.8, 4) is 0 Å². The number of likely N-dealkylation sites (tertiary alicyclic amines) is 1. The molecular weight excluding hydrogens is 184 g/mol. The van der Waals surface area contributed by atoms with Crippen molar-refractivity contribution >= 4 is 18.5 Å². The molecule has 1 aliphatic heterocycles. The average Bonchev–Trinajstić information content (AvgIpc) is 2.06. The third-order valence-corrected chi connectivity index (χ3v) is 4.33. The van der Waals surface area contributed by atoms with E-state index in [4.69, 9.17) is 0 Å². The number of rotatable bonds is 0. The summed E-state index contributed by atoms with van der Waals surface area (Å²) in [5.74, 6) is 0.756. The highest BCUT2D eigenvalue weighted by atomic mass is 31.1. The van der Waals surface area contributed by atoms with Gasteiger partial charge in [0.15, 0.2) is 0 Å². The summed E-state index contributed by atoms with van der Waals surface area (Å²) >= 11 is 0. The van der Waals surface area contributed by atoms with E-state index in [0.717, 1.165) is 5.92 Å². The molecule has 0 radical (unpaired) electrons. The Balaban J connectivity index is 2.67. The summed E-state index contributed by atoms with van der Waals surface area (Å²) in [6.07, 6.45) is 0. The molecule has 1 fully saturated rings. The van der Waals surface area contributed by atoms with Gasteiger partial charge in [0.2, 0.25) is 0 Å². The van der Waals surface area contributed by atoms with Gasteiger partial charge in [0.1, 0.15) is 0 Å². The van der Waals surface area contributed by atoms with Crippen LogP contribution in [-0.2, 0) is 0 Å². The van der Waals surface area contributed by atoms with Crippen LogP contribution in [-0.4, -0.2) is 28.4 Å². The fraction of sp³-hybridized carbons (Fsp3) is 1.00. The Morgan fingerprint density at radius 1 is 1.33 bits per heavy atom. The number of hydrogen-bond acceptors (Lipinski definition) is 1. The standard InChI is InChI=1S/C9H21NP2/c1-7-5-10(8(2,3)4)6-9(7,11)12/h7H,5-6,11-12H2,1-4H3. The van der Waals surface area contributed by atoms with Crippen LogP contribution in [0.25, 0.3) is 0 Å². The van der Waals surface area contributed by atoms with Gasteiger partial charge in [-0.1, -0.05) is 6.92 Å². The predicted molar refractivity (Wildman–Crippen MR) is 62.6 cm³/mol. The maximum atomic E-state index is 2.97. The van der Waals surface area contributed by atoms with Crippen molar-refractivity contribution < 1.29 is 0 Å². The molecule has 3 unspecified atom stereocenters. The van der Waals surface area contributed by atoms with Crippen molar-refractivity contribution in [1.82, 2.24) is 4.90 Å². The van der Waals surface area contributed by atoms with E-state index in [1.54, 1.807) is 0 Å². The first-order valence-corrected chi connectivity index (χ1v) is 5.72. The van der Waals surface area contributed by atoms with Crippen molar-refractivity contribution in [2.45, 2.75) is 38.1 Å². The van der Waals surface area contributed by atoms with E-state index in [1.165, 1.54) is 13.1 Å². The van der Waals surface area contributed by atoms with Crippen LogP contribution in [0, 0.1) is 5.92 Å². The van der Waals surface area contributed by atoms with Crippen LogP contribution in [0.15, 0.2) is 0 Å². The van der Waals surface area contributed by atoms with Crippen LogP contribution in [0.2, 0.25) is 0 Å². The minimum Gasteiger partial charge on any atom is -0.297 e. The zero-order valence-electron chi connectivity index (χ0n) is 8.59. The Bertz CT molecular complexity index is 172. The maximum absolute atomic E-state index is 2.97. The molecule has 1 rings (SSSR count). The van der Waals surface area contributed by atoms with E-state index >= 15 is 0 Å². The third-order valence-electron chi connectivity index (χ3n) is 2.83. The molecule has 1 heterocycles. The van der Waals surface area contributed by atoms with Gasteiger partial charge in [-0.3, -0.25) is 4.90 Å². The zero-order valence-corrected chi connectivity index (χ0v) is 10.9. The van der Waals surface area contributed by atoms with E-state index in [2.05, 4.69) is 51.1 Å². The van der Waals surface area contributed by atoms with Crippen molar-refractivity contribution in [3.63, 3.8) is 0 Å². The van der Waals surface area contributed by atoms with Gasteiger partial charge in [-0.2, -0.15) is 0 Å². The third kappa shape index (κ3) is 2.19. The summed E-state index contributed by atoms with van der Waals surface area (Å²) < 4.78 is 0. The largest absolute Gasteiger partial charge is 0.297 e. The Morgan fingerprint density at radius 2 is 1.83 bits per heavy atom. The first-order chi connectivity index (χ1) is 5.23. The molecule has 0 aliphatic carbocycles. The van der Waals surface area contributed by atoms with Gasteiger partial charge in [-0.05, 0) is 26.7 Å². The van der Waals surface area contributed by atoms with E-state index in [-0.39, 0.29) is 0 Å². The molecule has 0 spiro atoms. The lowest BCUT2D eigenvalue weighted by molar-refractivity contribution is 0.169. The topological polar surface area (TPSA) is 3.24 Å². The first-order valence-electron chi connectivity index (χ1n) is 4.56. The summed E-state index contributed by atoms with van der Waals surface area (Å²) in [6, 6.07) is 0. The second-order valence-electron chi connectivity index (χ2n) is 5.06. The van der Waals surface area contributed by atoms with Crippen LogP contribution in [0.4, 0.5) is 0 Å². The van der Waals surface area contributed by atoms with E-state index in [9.17, 15) is 0 Å². The second kappa shape index (κ2) is 3.19. The van der Waals surface area contributed by atoms with Gasteiger partial charge in [0, 0.05) is 23.5 Å². The molecule has 1 nitrogen and oxygen atoms in total. The summed E-state index contributed by atoms with van der Waals surface area (Å²) in [4.78, 5) is 2.89. The smallest absolute Gasteiger partial charge is 0.0156 e. The monoisotopic (exact) mass is 205 g/mol. The van der Waals surface area contributed by atoms with E-state index < -0.39 is 0 Å². The molecule has 1 saturated heterocycles. The fourth-order valence-corrected chi connectivity index (χ4v) is 2.21. The van der Waals surface area contributed by atoms with Gasteiger partial charge in [0.25, 0.3) is 0 Å². The lowest BCUT2D eigenvalue weighted by Gasteiger charge is -2.32. The molecule has 12 heavy (non-hydrogen) atoms. The highest BCUT2D eigenvalue weighted by Gasteiger charge is 2.40. The fourth-order valence-electron chi connectivity index (χ4n) is 1.56. The van der Waals surface area contributed by atoms with Gasteiger partial charge >= 0.3 is 0 Å². The normalized spacial score (nSPS) is 31.0. The summed E-state index contributed by atoms with van der Waals surface area (Å²) in [6.45, 7) is 11.6. The lowest BCUT2D eigenvalue weighted by atomic mass is 10.1. The maximum Gasteiger partial charge on any atom is 0.0156 e. The minimum atomic E-state index is 0.323. The van der Waals surface area contributed by atoms with Gasteiger partial charge in [-0.25, -0.2) is 0 Å². The van der Waals surface area contributed by atoms with Gasteiger partial charge in [0.05, 0.1) is 0 Å². The van der Waals surface area contributed by atoms with Crippen LogP contribution in [0.5, 0.6) is 0 Å². The predicted octanol–water partition coefficient (Wildman–Crippen LogP) is 2.18. The zero-order chi connectivity index (χ0) is 9.57. The van der Waals surface area contributed by atoms with Crippen molar-refractivity contribution in [3.05, 3.63) is 0 Å². The Labute approximate surface area is 81.1 Å². The number of nitrogens with zero attached hydrogens (tertiary/aromatic N) is 1. The molecular formula is C9H21NP2. The molecule has 0 saturated carbocycles. The van der Waals surface area contributed by atoms with Crippen LogP contribution >= 0.6 is 18.5 Å². The molecule has 0 aromatic carbocycles. The molecule has 0 aromatic heterocycles. The number of hydrogen-bond donors (Lipinski definition) is 0. The Morgan fingerprint density at radius 3 is 2.00 bits per heavy atom. The minimum absolute atomic E-state index is 0.323. The van der Waals surface area contributed by atoms with Crippen LogP contribution in [0.1, 0.15) is 27.7 Å². The van der Waals surface area contributed by atoms with Crippen LogP contribution in [0.3, 0.4) is 0 Å². The quantitative estimate of drug-likeness (QED) is 0.548. The van der Waals surface area contributed by atoms with E-state index in [0.29, 0.717) is 10.4 Å². The molecule has 0 amide bonds. The summed E-state index contributed by atoms with van der Waals surface area (Å²) in [5.41, 5.74) is 0.323. The average molecular weight is 205 g/mol. The Hall–Kier alpha value is 0.820. The van der Waals surface area contributed by atoms with Crippen molar-refractivity contribution in [1.29, 1.82) is 0 Å². The highest BCUT2D eigenvalue weighted by Crippen LogP contribution is 2.43. The first kappa shape index (κ1) is 10.9. The van der Waals surface area contributed by atoms with E-state index in [1.807, 2.05) is 0 Å². The SMILES string of the molecule is CC1CN(C(C)(C)C)CC1(P)P. The van der Waals surface area contributed by atoms with Crippen molar-refractivity contribution in [2.75, 3.05) is 13.1 Å². The molecule has 0 bridgehead atoms. The Kier molecular flexibility index (Phi) is 2.90. The summed E-state index contributed by atoms with van der Waals surface area (Å²) in [7, 11) is 5.95. The summed E-state index contributed by atoms with van der Waals surface area (Å²) in [5, 5.41) is 0.